The number of hydrogen-bond acceptors (Lipinski definition) is 2. The first-order valence-corrected chi connectivity index (χ1v) is 5.12. The fourth-order valence-electron chi connectivity index (χ4n) is 1.49. The molecular formula is C10H10BrFO2. The average molecular weight is 261 g/mol. The number of methoxy groups -OCH3 is 1. The molecule has 14 heavy (non-hydrogen) atoms. The molecule has 1 N–H and O–H groups in total. The van der Waals surface area contributed by atoms with Crippen LogP contribution in [0, 0.1) is 5.82 Å². The fraction of sp³-hybridized carbons (Fsp3) is 0.400. The molecule has 0 aliphatic heterocycles. The van der Waals surface area contributed by atoms with Crippen molar-refractivity contribution < 1.29 is 14.2 Å². The lowest BCUT2D eigenvalue weighted by Crippen LogP contribution is -2.09. The van der Waals surface area contributed by atoms with Crippen molar-refractivity contribution in [1.82, 2.24) is 0 Å². The van der Waals surface area contributed by atoms with Crippen LogP contribution in [0.15, 0.2) is 16.6 Å². The molecule has 0 atom stereocenters. The maximum atomic E-state index is 13.8. The molecule has 1 aliphatic rings. The molecule has 0 unspecified atom stereocenters. The smallest absolute Gasteiger partial charge is 0.172 e. The molecule has 0 bridgehead atoms. The zero-order chi connectivity index (χ0) is 10.3. The summed E-state index contributed by atoms with van der Waals surface area (Å²) in [5.41, 5.74) is -0.672. The van der Waals surface area contributed by atoms with Gasteiger partial charge in [-0.15, -0.1) is 0 Å². The van der Waals surface area contributed by atoms with Gasteiger partial charge in [-0.25, -0.2) is 4.39 Å². The molecule has 1 saturated carbocycles. The van der Waals surface area contributed by atoms with E-state index in [0.29, 0.717) is 22.9 Å². The van der Waals surface area contributed by atoms with E-state index in [4.69, 9.17) is 4.74 Å². The van der Waals surface area contributed by atoms with E-state index in [2.05, 4.69) is 15.9 Å². The first-order valence-electron chi connectivity index (χ1n) is 4.33. The first kappa shape index (κ1) is 9.93. The van der Waals surface area contributed by atoms with Crippen LogP contribution in [-0.4, -0.2) is 12.2 Å². The maximum Gasteiger partial charge on any atom is 0.172 e. The fourth-order valence-corrected chi connectivity index (χ4v) is 2.16. The van der Waals surface area contributed by atoms with E-state index in [-0.39, 0.29) is 5.75 Å². The van der Waals surface area contributed by atoms with Gasteiger partial charge in [0, 0.05) is 10.0 Å². The van der Waals surface area contributed by atoms with Gasteiger partial charge in [0.05, 0.1) is 12.7 Å². The van der Waals surface area contributed by atoms with Crippen LogP contribution in [-0.2, 0) is 5.60 Å². The molecule has 0 spiro atoms. The lowest BCUT2D eigenvalue weighted by atomic mass is 10.1. The number of ether oxygens (including phenoxy) is 1. The van der Waals surface area contributed by atoms with Crippen LogP contribution in [0.4, 0.5) is 4.39 Å². The highest BCUT2D eigenvalue weighted by Crippen LogP contribution is 2.50. The highest BCUT2D eigenvalue weighted by molar-refractivity contribution is 9.10. The molecule has 1 fully saturated rings. The monoisotopic (exact) mass is 260 g/mol. The van der Waals surface area contributed by atoms with Crippen LogP contribution >= 0.6 is 15.9 Å². The van der Waals surface area contributed by atoms with Crippen molar-refractivity contribution in [3.05, 3.63) is 28.0 Å². The van der Waals surface area contributed by atoms with Crippen molar-refractivity contribution in [2.75, 3.05) is 7.11 Å². The van der Waals surface area contributed by atoms with Crippen molar-refractivity contribution in [2.24, 2.45) is 0 Å². The van der Waals surface area contributed by atoms with Crippen molar-refractivity contribution in [3.63, 3.8) is 0 Å². The number of halogens is 2. The molecule has 4 heteroatoms. The molecular weight excluding hydrogens is 251 g/mol. The molecule has 0 heterocycles. The Morgan fingerprint density at radius 3 is 2.64 bits per heavy atom. The summed E-state index contributed by atoms with van der Waals surface area (Å²) < 4.78 is 19.2. The second kappa shape index (κ2) is 3.21. The van der Waals surface area contributed by atoms with Gasteiger partial charge in [0.15, 0.2) is 11.6 Å². The second-order valence-electron chi connectivity index (χ2n) is 3.47. The van der Waals surface area contributed by atoms with Crippen LogP contribution in [0.25, 0.3) is 0 Å². The summed E-state index contributed by atoms with van der Waals surface area (Å²) in [5, 5.41) is 9.86. The molecule has 1 aliphatic carbocycles. The SMILES string of the molecule is COc1ccc(Br)c(C2(O)CC2)c1F. The highest BCUT2D eigenvalue weighted by Gasteiger charge is 2.46. The molecule has 1 aromatic rings. The van der Waals surface area contributed by atoms with E-state index in [1.54, 1.807) is 6.07 Å². The highest BCUT2D eigenvalue weighted by atomic mass is 79.9. The second-order valence-corrected chi connectivity index (χ2v) is 4.32. The molecule has 0 aromatic heterocycles. The number of hydrogen-bond donors (Lipinski definition) is 1. The van der Waals surface area contributed by atoms with Crippen LogP contribution in [0.2, 0.25) is 0 Å². The number of rotatable bonds is 2. The summed E-state index contributed by atoms with van der Waals surface area (Å²) in [6.45, 7) is 0. The van der Waals surface area contributed by atoms with Gasteiger partial charge in [-0.05, 0) is 25.0 Å². The van der Waals surface area contributed by atoms with Gasteiger partial charge in [0.25, 0.3) is 0 Å². The van der Waals surface area contributed by atoms with Gasteiger partial charge in [0.1, 0.15) is 0 Å². The van der Waals surface area contributed by atoms with E-state index in [1.165, 1.54) is 13.2 Å². The topological polar surface area (TPSA) is 29.5 Å². The Morgan fingerprint density at radius 2 is 2.14 bits per heavy atom. The van der Waals surface area contributed by atoms with Crippen LogP contribution in [0.1, 0.15) is 18.4 Å². The predicted molar refractivity (Wildman–Crippen MR) is 53.8 cm³/mol. The Kier molecular flexibility index (Phi) is 2.27. The number of aliphatic hydroxyl groups is 1. The molecule has 76 valence electrons. The van der Waals surface area contributed by atoms with Crippen LogP contribution in [0.3, 0.4) is 0 Å². The van der Waals surface area contributed by atoms with Gasteiger partial charge in [-0.2, -0.15) is 0 Å². The van der Waals surface area contributed by atoms with Crippen LogP contribution in [0.5, 0.6) is 5.75 Å². The van der Waals surface area contributed by atoms with Crippen molar-refractivity contribution in [3.8, 4) is 5.75 Å². The number of benzene rings is 1. The molecule has 1 aromatic carbocycles. The predicted octanol–water partition coefficient (Wildman–Crippen LogP) is 2.58. The lowest BCUT2D eigenvalue weighted by molar-refractivity contribution is 0.145. The third-order valence-electron chi connectivity index (χ3n) is 2.46. The zero-order valence-corrected chi connectivity index (χ0v) is 9.27. The maximum absolute atomic E-state index is 13.8. The Hall–Kier alpha value is -0.610. The summed E-state index contributed by atoms with van der Waals surface area (Å²) in [7, 11) is 1.41. The van der Waals surface area contributed by atoms with Crippen LogP contribution < -0.4 is 4.74 Å². The first-order chi connectivity index (χ1) is 6.58. The van der Waals surface area contributed by atoms with Gasteiger partial charge in [-0.1, -0.05) is 15.9 Å². The van der Waals surface area contributed by atoms with E-state index in [1.807, 2.05) is 0 Å². The summed E-state index contributed by atoms with van der Waals surface area (Å²) >= 11 is 3.23. The van der Waals surface area contributed by atoms with E-state index < -0.39 is 11.4 Å². The van der Waals surface area contributed by atoms with Gasteiger partial charge in [-0.3, -0.25) is 0 Å². The Balaban J connectivity index is 2.56. The van der Waals surface area contributed by atoms with E-state index in [0.717, 1.165) is 0 Å². The quantitative estimate of drug-likeness (QED) is 0.886. The Bertz CT molecular complexity index is 375. The minimum atomic E-state index is -0.989. The zero-order valence-electron chi connectivity index (χ0n) is 7.68. The van der Waals surface area contributed by atoms with Gasteiger partial charge < -0.3 is 9.84 Å². The molecule has 0 saturated heterocycles. The summed E-state index contributed by atoms with van der Waals surface area (Å²) in [5.74, 6) is -0.301. The van der Waals surface area contributed by atoms with Gasteiger partial charge >= 0.3 is 0 Å². The largest absolute Gasteiger partial charge is 0.494 e. The third kappa shape index (κ3) is 1.42. The lowest BCUT2D eigenvalue weighted by Gasteiger charge is -2.13. The molecule has 2 nitrogen and oxygen atoms in total. The minimum Gasteiger partial charge on any atom is -0.494 e. The Morgan fingerprint density at radius 1 is 1.50 bits per heavy atom. The minimum absolute atomic E-state index is 0.170. The molecule has 2 rings (SSSR count). The van der Waals surface area contributed by atoms with Gasteiger partial charge in [0.2, 0.25) is 0 Å². The summed E-state index contributed by atoms with van der Waals surface area (Å²) in [4.78, 5) is 0. The molecule has 0 radical (unpaired) electrons. The van der Waals surface area contributed by atoms with E-state index in [9.17, 15) is 9.50 Å². The Labute approximate surface area is 89.8 Å². The normalized spacial score (nSPS) is 18.0. The molecule has 0 amide bonds. The summed E-state index contributed by atoms with van der Waals surface area (Å²) in [6, 6.07) is 3.22. The van der Waals surface area contributed by atoms with Crippen molar-refractivity contribution in [2.45, 2.75) is 18.4 Å². The van der Waals surface area contributed by atoms with Crippen molar-refractivity contribution >= 4 is 15.9 Å². The summed E-state index contributed by atoms with van der Waals surface area (Å²) in [6.07, 6.45) is 1.21. The van der Waals surface area contributed by atoms with Crippen molar-refractivity contribution in [1.29, 1.82) is 0 Å². The average Bonchev–Trinajstić information content (AvgIpc) is 2.85. The third-order valence-corrected chi connectivity index (χ3v) is 3.13. The standard InChI is InChI=1S/C10H10BrFO2/c1-14-7-3-2-6(11)8(9(7)12)10(13)4-5-10/h2-3,13H,4-5H2,1H3. The van der Waals surface area contributed by atoms with E-state index >= 15 is 0 Å².